The summed E-state index contributed by atoms with van der Waals surface area (Å²) in [6, 6.07) is 25.8. The standard InChI is InChI=1S/C29H35N5O3S/c30-29(31)25-13-11-23(12-14-25)21-28(35)32-26-15-17-33(18-16-26)19-20-34(27-9-5-2-6-10-27)38(36,37)22-24-7-3-1-4-8-24/h1-14,26H,15-22H2,(H3,30,31)(H,32,35). The molecule has 0 bridgehead atoms. The smallest absolute Gasteiger partial charge is 0.239 e. The number of amides is 1. The van der Waals surface area contributed by atoms with Gasteiger partial charge in [-0.15, -0.1) is 0 Å². The second-order valence-electron chi connectivity index (χ2n) is 9.62. The number of piperidine rings is 1. The quantitative estimate of drug-likeness (QED) is 0.258. The van der Waals surface area contributed by atoms with Crippen LogP contribution in [-0.2, 0) is 27.0 Å². The van der Waals surface area contributed by atoms with Gasteiger partial charge in [0.1, 0.15) is 5.84 Å². The fourth-order valence-corrected chi connectivity index (χ4v) is 6.26. The Labute approximate surface area is 225 Å². The van der Waals surface area contributed by atoms with Crippen molar-refractivity contribution < 1.29 is 13.2 Å². The first-order valence-corrected chi connectivity index (χ1v) is 14.5. The molecule has 200 valence electrons. The number of rotatable bonds is 11. The van der Waals surface area contributed by atoms with Crippen molar-refractivity contribution in [3.05, 3.63) is 102 Å². The van der Waals surface area contributed by atoms with Gasteiger partial charge >= 0.3 is 0 Å². The molecule has 3 aromatic carbocycles. The van der Waals surface area contributed by atoms with Gasteiger partial charge in [-0.05, 0) is 36.1 Å². The van der Waals surface area contributed by atoms with Crippen LogP contribution in [0.25, 0.3) is 0 Å². The normalized spacial score (nSPS) is 14.6. The maximum Gasteiger partial charge on any atom is 0.239 e. The third kappa shape index (κ3) is 7.66. The molecule has 4 N–H and O–H groups in total. The van der Waals surface area contributed by atoms with E-state index in [0.29, 0.717) is 24.3 Å². The van der Waals surface area contributed by atoms with E-state index in [1.54, 1.807) is 12.1 Å². The van der Waals surface area contributed by atoms with Crippen LogP contribution in [0.1, 0.15) is 29.5 Å². The summed E-state index contributed by atoms with van der Waals surface area (Å²) in [6.45, 7) is 2.57. The number of para-hydroxylation sites is 1. The summed E-state index contributed by atoms with van der Waals surface area (Å²) in [5.41, 5.74) is 8.44. The molecule has 8 nitrogen and oxygen atoms in total. The largest absolute Gasteiger partial charge is 0.384 e. The molecule has 0 saturated carbocycles. The zero-order valence-electron chi connectivity index (χ0n) is 21.4. The van der Waals surface area contributed by atoms with Gasteiger partial charge in [0, 0.05) is 37.8 Å². The predicted octanol–water partition coefficient (Wildman–Crippen LogP) is 3.13. The number of carbonyl (C=O) groups is 1. The molecule has 0 spiro atoms. The van der Waals surface area contributed by atoms with E-state index in [9.17, 15) is 13.2 Å². The zero-order chi connectivity index (χ0) is 27.0. The van der Waals surface area contributed by atoms with Gasteiger partial charge in [0.2, 0.25) is 15.9 Å². The van der Waals surface area contributed by atoms with Gasteiger partial charge < -0.3 is 16.0 Å². The molecule has 0 radical (unpaired) electrons. The number of likely N-dealkylation sites (tertiary alicyclic amines) is 1. The van der Waals surface area contributed by atoms with Gasteiger partial charge in [-0.3, -0.25) is 14.5 Å². The molecule has 0 atom stereocenters. The van der Waals surface area contributed by atoms with Crippen LogP contribution in [0.2, 0.25) is 0 Å². The topological polar surface area (TPSA) is 120 Å². The number of nitrogens with zero attached hydrogens (tertiary/aromatic N) is 2. The number of carbonyl (C=O) groups excluding carboxylic acids is 1. The van der Waals surface area contributed by atoms with Crippen molar-refractivity contribution in [3.8, 4) is 0 Å². The third-order valence-corrected chi connectivity index (χ3v) is 8.54. The van der Waals surface area contributed by atoms with Crippen molar-refractivity contribution in [2.75, 3.05) is 30.5 Å². The highest BCUT2D eigenvalue weighted by Crippen LogP contribution is 2.21. The van der Waals surface area contributed by atoms with Crippen molar-refractivity contribution in [1.82, 2.24) is 10.2 Å². The molecule has 1 saturated heterocycles. The van der Waals surface area contributed by atoms with Crippen LogP contribution in [0.3, 0.4) is 0 Å². The van der Waals surface area contributed by atoms with Crippen molar-refractivity contribution in [2.45, 2.75) is 31.1 Å². The first kappa shape index (κ1) is 27.3. The molecule has 9 heteroatoms. The van der Waals surface area contributed by atoms with E-state index in [-0.39, 0.29) is 30.0 Å². The molecule has 1 fully saturated rings. The lowest BCUT2D eigenvalue weighted by molar-refractivity contribution is -0.121. The Morgan fingerprint density at radius 1 is 0.921 bits per heavy atom. The highest BCUT2D eigenvalue weighted by atomic mass is 32.2. The molecule has 1 aliphatic heterocycles. The van der Waals surface area contributed by atoms with Crippen LogP contribution in [0.15, 0.2) is 84.9 Å². The average molecular weight is 534 g/mol. The molecule has 0 unspecified atom stereocenters. The number of benzene rings is 3. The van der Waals surface area contributed by atoms with E-state index < -0.39 is 10.0 Å². The van der Waals surface area contributed by atoms with Crippen molar-refractivity contribution in [1.29, 1.82) is 5.41 Å². The number of nitrogens with one attached hydrogen (secondary N) is 2. The summed E-state index contributed by atoms with van der Waals surface area (Å²) in [5, 5.41) is 10.6. The maximum atomic E-state index is 13.4. The molecule has 38 heavy (non-hydrogen) atoms. The highest BCUT2D eigenvalue weighted by molar-refractivity contribution is 7.92. The van der Waals surface area contributed by atoms with Gasteiger partial charge in [-0.2, -0.15) is 0 Å². The van der Waals surface area contributed by atoms with E-state index in [1.165, 1.54) is 4.31 Å². The van der Waals surface area contributed by atoms with Gasteiger partial charge in [-0.1, -0.05) is 72.8 Å². The van der Waals surface area contributed by atoms with Gasteiger partial charge in [0.15, 0.2) is 0 Å². The Kier molecular flexibility index (Phi) is 9.15. The Bertz CT molecular complexity index is 1310. The third-order valence-electron chi connectivity index (χ3n) is 6.77. The number of amidine groups is 1. The first-order valence-electron chi connectivity index (χ1n) is 12.8. The molecular formula is C29H35N5O3S. The van der Waals surface area contributed by atoms with E-state index >= 15 is 0 Å². The summed E-state index contributed by atoms with van der Waals surface area (Å²) in [7, 11) is -3.56. The van der Waals surface area contributed by atoms with Crippen LogP contribution in [-0.4, -0.2) is 57.3 Å². The minimum absolute atomic E-state index is 0.00782. The number of anilines is 1. The van der Waals surface area contributed by atoms with Crippen LogP contribution < -0.4 is 15.4 Å². The fourth-order valence-electron chi connectivity index (χ4n) is 4.69. The van der Waals surface area contributed by atoms with E-state index in [0.717, 1.165) is 37.1 Å². The number of sulfonamides is 1. The van der Waals surface area contributed by atoms with E-state index in [1.807, 2.05) is 72.8 Å². The lowest BCUT2D eigenvalue weighted by Gasteiger charge is -2.34. The number of nitrogens with two attached hydrogens (primary N) is 1. The van der Waals surface area contributed by atoms with E-state index in [2.05, 4.69) is 10.2 Å². The van der Waals surface area contributed by atoms with Crippen LogP contribution in [0.5, 0.6) is 0 Å². The summed E-state index contributed by atoms with van der Waals surface area (Å²) < 4.78 is 28.3. The summed E-state index contributed by atoms with van der Waals surface area (Å²) >= 11 is 0. The summed E-state index contributed by atoms with van der Waals surface area (Å²) in [6.07, 6.45) is 1.91. The molecule has 0 aromatic heterocycles. The molecule has 1 amide bonds. The number of hydrogen-bond acceptors (Lipinski definition) is 5. The van der Waals surface area contributed by atoms with Crippen LogP contribution in [0.4, 0.5) is 5.69 Å². The minimum Gasteiger partial charge on any atom is -0.384 e. The molecule has 1 aliphatic rings. The molecule has 1 heterocycles. The zero-order valence-corrected chi connectivity index (χ0v) is 22.2. The van der Waals surface area contributed by atoms with Crippen LogP contribution in [0, 0.1) is 5.41 Å². The van der Waals surface area contributed by atoms with Crippen LogP contribution >= 0.6 is 0 Å². The number of nitrogen functional groups attached to an aromatic ring is 1. The fraction of sp³-hybridized carbons (Fsp3) is 0.310. The second-order valence-corrected chi connectivity index (χ2v) is 11.5. The predicted molar refractivity (Wildman–Crippen MR) is 152 cm³/mol. The first-order chi connectivity index (χ1) is 18.3. The Morgan fingerprint density at radius 3 is 2.13 bits per heavy atom. The Hall–Kier alpha value is -3.69. The van der Waals surface area contributed by atoms with Crippen molar-refractivity contribution >= 4 is 27.5 Å². The molecule has 4 rings (SSSR count). The summed E-state index contributed by atoms with van der Waals surface area (Å²) in [4.78, 5) is 14.8. The monoisotopic (exact) mass is 533 g/mol. The molecule has 3 aromatic rings. The van der Waals surface area contributed by atoms with Gasteiger partial charge in [-0.25, -0.2) is 8.42 Å². The second kappa shape index (κ2) is 12.7. The Morgan fingerprint density at radius 2 is 1.53 bits per heavy atom. The lowest BCUT2D eigenvalue weighted by Crippen LogP contribution is -2.47. The van der Waals surface area contributed by atoms with Gasteiger partial charge in [0.05, 0.1) is 17.9 Å². The average Bonchev–Trinajstić information content (AvgIpc) is 2.91. The number of hydrogen-bond donors (Lipinski definition) is 3. The Balaban J connectivity index is 1.29. The van der Waals surface area contributed by atoms with E-state index in [4.69, 9.17) is 11.1 Å². The summed E-state index contributed by atoms with van der Waals surface area (Å²) in [5.74, 6) is -0.0661. The van der Waals surface area contributed by atoms with Gasteiger partial charge in [0.25, 0.3) is 0 Å². The lowest BCUT2D eigenvalue weighted by atomic mass is 10.0. The van der Waals surface area contributed by atoms with Crippen molar-refractivity contribution in [3.63, 3.8) is 0 Å². The molecular weight excluding hydrogens is 498 g/mol. The van der Waals surface area contributed by atoms with Crippen molar-refractivity contribution in [2.24, 2.45) is 5.73 Å². The SMILES string of the molecule is N=C(N)c1ccc(CC(=O)NC2CCN(CCN(c3ccccc3)S(=O)(=O)Cc3ccccc3)CC2)cc1. The minimum atomic E-state index is -3.56. The highest BCUT2D eigenvalue weighted by Gasteiger charge is 2.26. The maximum absolute atomic E-state index is 13.4. The molecule has 0 aliphatic carbocycles.